The molecule has 2 heterocycles. The molecule has 0 unspecified atom stereocenters. The van der Waals surface area contributed by atoms with E-state index in [-0.39, 0.29) is 0 Å². The maximum absolute atomic E-state index is 5.68. The van der Waals surface area contributed by atoms with Gasteiger partial charge in [-0.15, -0.1) is 0 Å². The SMILES string of the molecule is COc1nc(N)cc(N2CCCCC2)n1. The highest BCUT2D eigenvalue weighted by atomic mass is 16.5. The van der Waals surface area contributed by atoms with E-state index in [1.54, 1.807) is 13.2 Å². The first kappa shape index (κ1) is 10.0. The highest BCUT2D eigenvalue weighted by Gasteiger charge is 2.13. The zero-order valence-electron chi connectivity index (χ0n) is 8.94. The number of anilines is 2. The average molecular weight is 208 g/mol. The van der Waals surface area contributed by atoms with Crippen LogP contribution in [-0.2, 0) is 0 Å². The molecule has 0 bridgehead atoms. The minimum atomic E-state index is 0.343. The molecule has 0 aliphatic carbocycles. The van der Waals surface area contributed by atoms with Crippen molar-refractivity contribution in [2.45, 2.75) is 19.3 Å². The summed E-state index contributed by atoms with van der Waals surface area (Å²) in [5.74, 6) is 1.33. The maximum Gasteiger partial charge on any atom is 0.320 e. The Kier molecular flexibility index (Phi) is 2.89. The lowest BCUT2D eigenvalue weighted by Crippen LogP contribution is -2.30. The van der Waals surface area contributed by atoms with Crippen LogP contribution in [0.15, 0.2) is 6.07 Å². The van der Waals surface area contributed by atoms with E-state index < -0.39 is 0 Å². The van der Waals surface area contributed by atoms with Crippen molar-refractivity contribution in [3.8, 4) is 6.01 Å². The molecule has 1 saturated heterocycles. The molecule has 15 heavy (non-hydrogen) atoms. The van der Waals surface area contributed by atoms with Crippen LogP contribution in [-0.4, -0.2) is 30.2 Å². The van der Waals surface area contributed by atoms with Gasteiger partial charge in [-0.05, 0) is 19.3 Å². The van der Waals surface area contributed by atoms with Crippen LogP contribution in [0, 0.1) is 0 Å². The van der Waals surface area contributed by atoms with Crippen LogP contribution < -0.4 is 15.4 Å². The first-order chi connectivity index (χ1) is 7.29. The third kappa shape index (κ3) is 2.29. The number of nitrogens with two attached hydrogens (primary N) is 1. The Morgan fingerprint density at radius 1 is 1.27 bits per heavy atom. The highest BCUT2D eigenvalue weighted by molar-refractivity contribution is 5.48. The summed E-state index contributed by atoms with van der Waals surface area (Å²) in [5, 5.41) is 0. The summed E-state index contributed by atoms with van der Waals surface area (Å²) in [4.78, 5) is 10.5. The lowest BCUT2D eigenvalue weighted by Gasteiger charge is -2.27. The van der Waals surface area contributed by atoms with Gasteiger partial charge in [0.2, 0.25) is 0 Å². The molecule has 0 amide bonds. The molecule has 1 aliphatic heterocycles. The molecule has 0 spiro atoms. The van der Waals surface area contributed by atoms with Gasteiger partial charge in [-0.25, -0.2) is 0 Å². The van der Waals surface area contributed by atoms with Crippen molar-refractivity contribution in [3.63, 3.8) is 0 Å². The molecule has 1 aromatic rings. The molecule has 0 radical (unpaired) electrons. The van der Waals surface area contributed by atoms with Gasteiger partial charge in [-0.2, -0.15) is 9.97 Å². The zero-order chi connectivity index (χ0) is 10.7. The molecule has 82 valence electrons. The summed E-state index contributed by atoms with van der Waals surface area (Å²) in [6.45, 7) is 2.08. The average Bonchev–Trinajstić information content (AvgIpc) is 2.29. The van der Waals surface area contributed by atoms with Crippen molar-refractivity contribution in [1.82, 2.24) is 9.97 Å². The summed E-state index contributed by atoms with van der Waals surface area (Å²) < 4.78 is 5.00. The van der Waals surface area contributed by atoms with Crippen LogP contribution >= 0.6 is 0 Å². The quantitative estimate of drug-likeness (QED) is 0.787. The van der Waals surface area contributed by atoms with Gasteiger partial charge < -0.3 is 15.4 Å². The normalized spacial score (nSPS) is 16.5. The highest BCUT2D eigenvalue weighted by Crippen LogP contribution is 2.21. The Labute approximate surface area is 89.3 Å². The molecule has 1 aromatic heterocycles. The summed E-state index contributed by atoms with van der Waals surface area (Å²) in [7, 11) is 1.55. The van der Waals surface area contributed by atoms with Crippen molar-refractivity contribution in [1.29, 1.82) is 0 Å². The Hall–Kier alpha value is -1.52. The van der Waals surface area contributed by atoms with Gasteiger partial charge in [0, 0.05) is 19.2 Å². The van der Waals surface area contributed by atoms with E-state index in [9.17, 15) is 0 Å². The van der Waals surface area contributed by atoms with Gasteiger partial charge in [-0.3, -0.25) is 0 Å². The van der Waals surface area contributed by atoms with Crippen LogP contribution in [0.3, 0.4) is 0 Å². The Morgan fingerprint density at radius 3 is 2.67 bits per heavy atom. The molecule has 2 rings (SSSR count). The molecule has 0 aromatic carbocycles. The fraction of sp³-hybridized carbons (Fsp3) is 0.600. The van der Waals surface area contributed by atoms with Gasteiger partial charge >= 0.3 is 6.01 Å². The van der Waals surface area contributed by atoms with Crippen molar-refractivity contribution < 1.29 is 4.74 Å². The summed E-state index contributed by atoms with van der Waals surface area (Å²) in [6.07, 6.45) is 3.73. The second-order valence-corrected chi connectivity index (χ2v) is 3.69. The van der Waals surface area contributed by atoms with Crippen LogP contribution in [0.4, 0.5) is 11.6 Å². The third-order valence-electron chi connectivity index (χ3n) is 2.57. The van der Waals surface area contributed by atoms with E-state index in [0.717, 1.165) is 18.9 Å². The fourth-order valence-corrected chi connectivity index (χ4v) is 1.81. The summed E-state index contributed by atoms with van der Waals surface area (Å²) in [6, 6.07) is 2.14. The van der Waals surface area contributed by atoms with Gasteiger partial charge in [0.05, 0.1) is 7.11 Å². The third-order valence-corrected chi connectivity index (χ3v) is 2.57. The number of nitrogens with zero attached hydrogens (tertiary/aromatic N) is 3. The van der Waals surface area contributed by atoms with E-state index in [2.05, 4.69) is 14.9 Å². The predicted molar refractivity (Wildman–Crippen MR) is 59.1 cm³/mol. The summed E-state index contributed by atoms with van der Waals surface area (Å²) >= 11 is 0. The first-order valence-corrected chi connectivity index (χ1v) is 5.23. The first-order valence-electron chi connectivity index (χ1n) is 5.23. The number of methoxy groups -OCH3 is 1. The van der Waals surface area contributed by atoms with Crippen molar-refractivity contribution in [3.05, 3.63) is 6.07 Å². The van der Waals surface area contributed by atoms with E-state index in [0.29, 0.717) is 11.8 Å². The largest absolute Gasteiger partial charge is 0.467 e. The monoisotopic (exact) mass is 208 g/mol. The number of aromatic nitrogens is 2. The number of piperidine rings is 1. The molecular weight excluding hydrogens is 192 g/mol. The molecule has 1 fully saturated rings. The Morgan fingerprint density at radius 2 is 2.00 bits per heavy atom. The van der Waals surface area contributed by atoms with Crippen LogP contribution in [0.2, 0.25) is 0 Å². The number of ether oxygens (including phenoxy) is 1. The second-order valence-electron chi connectivity index (χ2n) is 3.69. The second kappa shape index (κ2) is 4.33. The van der Waals surface area contributed by atoms with Crippen molar-refractivity contribution >= 4 is 11.6 Å². The lowest BCUT2D eigenvalue weighted by atomic mass is 10.1. The van der Waals surface area contributed by atoms with E-state index >= 15 is 0 Å². The Bertz CT molecular complexity index is 336. The van der Waals surface area contributed by atoms with Gasteiger partial charge in [0.1, 0.15) is 11.6 Å². The van der Waals surface area contributed by atoms with E-state index in [1.165, 1.54) is 19.3 Å². The Balaban J connectivity index is 2.22. The molecule has 1 aliphatic rings. The molecule has 0 saturated carbocycles. The number of hydrogen-bond donors (Lipinski definition) is 1. The van der Waals surface area contributed by atoms with Crippen LogP contribution in [0.25, 0.3) is 0 Å². The molecule has 5 heteroatoms. The smallest absolute Gasteiger partial charge is 0.320 e. The predicted octanol–water partition coefficient (Wildman–Crippen LogP) is 1.06. The lowest BCUT2D eigenvalue weighted by molar-refractivity contribution is 0.380. The number of nitrogen functional groups attached to an aromatic ring is 1. The van der Waals surface area contributed by atoms with Crippen molar-refractivity contribution in [2.75, 3.05) is 30.8 Å². The minimum Gasteiger partial charge on any atom is -0.467 e. The van der Waals surface area contributed by atoms with E-state index in [4.69, 9.17) is 10.5 Å². The van der Waals surface area contributed by atoms with Crippen LogP contribution in [0.1, 0.15) is 19.3 Å². The minimum absolute atomic E-state index is 0.343. The van der Waals surface area contributed by atoms with E-state index in [1.807, 2.05) is 0 Å². The van der Waals surface area contributed by atoms with Crippen molar-refractivity contribution in [2.24, 2.45) is 0 Å². The molecule has 2 N–H and O–H groups in total. The number of rotatable bonds is 2. The molecular formula is C10H16N4O. The summed E-state index contributed by atoms with van der Waals surface area (Å²) in [5.41, 5.74) is 5.68. The molecule has 5 nitrogen and oxygen atoms in total. The van der Waals surface area contributed by atoms with Gasteiger partial charge in [0.25, 0.3) is 0 Å². The number of hydrogen-bond acceptors (Lipinski definition) is 5. The standard InChI is InChI=1S/C10H16N4O/c1-15-10-12-8(11)7-9(13-10)14-5-3-2-4-6-14/h7H,2-6H2,1H3,(H2,11,12,13). The van der Waals surface area contributed by atoms with Crippen LogP contribution in [0.5, 0.6) is 6.01 Å². The maximum atomic E-state index is 5.68. The molecule has 0 atom stereocenters. The zero-order valence-corrected chi connectivity index (χ0v) is 8.94. The van der Waals surface area contributed by atoms with Gasteiger partial charge in [-0.1, -0.05) is 0 Å². The topological polar surface area (TPSA) is 64.3 Å². The fourth-order valence-electron chi connectivity index (χ4n) is 1.81. The van der Waals surface area contributed by atoms with Gasteiger partial charge in [0.15, 0.2) is 0 Å².